The number of nitrogens with zero attached hydrogens (tertiary/aromatic N) is 1. The molecule has 1 aromatic rings. The van der Waals surface area contributed by atoms with Crippen LogP contribution in [0.2, 0.25) is 0 Å². The van der Waals surface area contributed by atoms with E-state index in [4.69, 9.17) is 5.11 Å². The number of rotatable bonds is 4. The molecule has 1 rings (SSSR count). The fraction of sp³-hybridized carbons (Fsp3) is 0.333. The predicted octanol–water partition coefficient (Wildman–Crippen LogP) is 1.61. The Labute approximate surface area is 81.2 Å². The van der Waals surface area contributed by atoms with Gasteiger partial charge in [0.2, 0.25) is 0 Å². The van der Waals surface area contributed by atoms with E-state index >= 15 is 0 Å². The molecule has 0 saturated carbocycles. The number of thioether (sulfide) groups is 1. The second-order valence-electron chi connectivity index (χ2n) is 2.63. The van der Waals surface area contributed by atoms with Gasteiger partial charge in [0.25, 0.3) is 0 Å². The lowest BCUT2D eigenvalue weighted by Gasteiger charge is -2.09. The standard InChI is InChI=1S/C9H11NO2S/c1-13-6-8(9(11)12)7-3-2-4-10-5-7/h2-5,8H,6H2,1H3,(H,11,12). The number of hydrogen-bond acceptors (Lipinski definition) is 3. The van der Waals surface area contributed by atoms with E-state index in [1.54, 1.807) is 24.5 Å². The summed E-state index contributed by atoms with van der Waals surface area (Å²) in [5, 5.41) is 8.92. The number of pyridine rings is 1. The van der Waals surface area contributed by atoms with Crippen LogP contribution < -0.4 is 0 Å². The van der Waals surface area contributed by atoms with Crippen molar-refractivity contribution in [2.75, 3.05) is 12.0 Å². The molecule has 0 fully saturated rings. The van der Waals surface area contributed by atoms with Gasteiger partial charge in [-0.05, 0) is 17.9 Å². The maximum atomic E-state index is 10.8. The molecule has 0 radical (unpaired) electrons. The Morgan fingerprint density at radius 2 is 2.54 bits per heavy atom. The second-order valence-corrected chi connectivity index (χ2v) is 3.54. The molecule has 0 aliphatic heterocycles. The summed E-state index contributed by atoms with van der Waals surface area (Å²) in [6, 6.07) is 3.55. The van der Waals surface area contributed by atoms with Gasteiger partial charge in [-0.2, -0.15) is 11.8 Å². The molecule has 1 atom stereocenters. The molecule has 1 aromatic heterocycles. The molecule has 1 N–H and O–H groups in total. The lowest BCUT2D eigenvalue weighted by molar-refractivity contribution is -0.138. The van der Waals surface area contributed by atoms with E-state index in [9.17, 15) is 4.79 Å². The minimum atomic E-state index is -0.789. The number of carboxylic acid groups (broad SMARTS) is 1. The maximum absolute atomic E-state index is 10.8. The van der Waals surface area contributed by atoms with Crippen LogP contribution in [0.4, 0.5) is 0 Å². The van der Waals surface area contributed by atoms with E-state index in [2.05, 4.69) is 4.98 Å². The van der Waals surface area contributed by atoms with E-state index in [0.29, 0.717) is 5.75 Å². The van der Waals surface area contributed by atoms with Gasteiger partial charge in [0, 0.05) is 18.1 Å². The Morgan fingerprint density at radius 3 is 3.00 bits per heavy atom. The van der Waals surface area contributed by atoms with E-state index in [-0.39, 0.29) is 0 Å². The van der Waals surface area contributed by atoms with Crippen molar-refractivity contribution in [1.29, 1.82) is 0 Å². The van der Waals surface area contributed by atoms with Gasteiger partial charge >= 0.3 is 5.97 Å². The first-order chi connectivity index (χ1) is 6.25. The summed E-state index contributed by atoms with van der Waals surface area (Å²) in [6.07, 6.45) is 5.14. The van der Waals surface area contributed by atoms with Crippen molar-refractivity contribution in [2.45, 2.75) is 5.92 Å². The first-order valence-electron chi connectivity index (χ1n) is 3.87. The third-order valence-corrected chi connectivity index (χ3v) is 2.38. The molecule has 1 heterocycles. The Hall–Kier alpha value is -1.03. The highest BCUT2D eigenvalue weighted by Gasteiger charge is 2.18. The minimum absolute atomic E-state index is 0.441. The molecule has 1 unspecified atom stereocenters. The van der Waals surface area contributed by atoms with Crippen LogP contribution in [0.3, 0.4) is 0 Å². The molecule has 0 bridgehead atoms. The summed E-state index contributed by atoms with van der Waals surface area (Å²) in [5.74, 6) is -0.646. The van der Waals surface area contributed by atoms with Crippen LogP contribution in [0, 0.1) is 0 Å². The largest absolute Gasteiger partial charge is 0.481 e. The van der Waals surface area contributed by atoms with Crippen LogP contribution in [0.15, 0.2) is 24.5 Å². The van der Waals surface area contributed by atoms with Gasteiger partial charge in [-0.15, -0.1) is 0 Å². The highest BCUT2D eigenvalue weighted by molar-refractivity contribution is 7.98. The van der Waals surface area contributed by atoms with Gasteiger partial charge in [-0.1, -0.05) is 6.07 Å². The van der Waals surface area contributed by atoms with Crippen LogP contribution in [-0.4, -0.2) is 28.1 Å². The smallest absolute Gasteiger partial charge is 0.311 e. The zero-order valence-electron chi connectivity index (χ0n) is 7.30. The van der Waals surface area contributed by atoms with Gasteiger partial charge < -0.3 is 5.11 Å². The molecule has 0 aliphatic carbocycles. The van der Waals surface area contributed by atoms with Crippen LogP contribution in [0.1, 0.15) is 11.5 Å². The molecule has 70 valence electrons. The molecule has 13 heavy (non-hydrogen) atoms. The lowest BCUT2D eigenvalue weighted by atomic mass is 10.0. The van der Waals surface area contributed by atoms with Gasteiger partial charge in [0.1, 0.15) is 0 Å². The maximum Gasteiger partial charge on any atom is 0.311 e. The van der Waals surface area contributed by atoms with Gasteiger partial charge in [-0.25, -0.2) is 0 Å². The van der Waals surface area contributed by atoms with Gasteiger partial charge in [0.05, 0.1) is 5.92 Å². The van der Waals surface area contributed by atoms with E-state index < -0.39 is 11.9 Å². The molecular weight excluding hydrogens is 186 g/mol. The number of aromatic nitrogens is 1. The fourth-order valence-corrected chi connectivity index (χ4v) is 1.73. The first kappa shape index (κ1) is 10.1. The highest BCUT2D eigenvalue weighted by atomic mass is 32.2. The molecule has 3 nitrogen and oxygen atoms in total. The summed E-state index contributed by atoms with van der Waals surface area (Å²) in [4.78, 5) is 14.7. The number of aliphatic carboxylic acids is 1. The molecule has 0 amide bonds. The molecule has 0 aliphatic rings. The average Bonchev–Trinajstić information content (AvgIpc) is 2.15. The van der Waals surface area contributed by atoms with Crippen LogP contribution in [0.5, 0.6) is 0 Å². The highest BCUT2D eigenvalue weighted by Crippen LogP contribution is 2.18. The predicted molar refractivity (Wildman–Crippen MR) is 53.0 cm³/mol. The van der Waals surface area contributed by atoms with Crippen molar-refractivity contribution in [1.82, 2.24) is 4.98 Å². The zero-order chi connectivity index (χ0) is 9.68. The molecule has 0 spiro atoms. The van der Waals surface area contributed by atoms with Crippen LogP contribution in [0.25, 0.3) is 0 Å². The van der Waals surface area contributed by atoms with E-state index in [0.717, 1.165) is 5.56 Å². The lowest BCUT2D eigenvalue weighted by Crippen LogP contribution is -2.14. The summed E-state index contributed by atoms with van der Waals surface area (Å²) < 4.78 is 0. The van der Waals surface area contributed by atoms with Crippen molar-refractivity contribution in [2.24, 2.45) is 0 Å². The second kappa shape index (κ2) is 4.87. The van der Waals surface area contributed by atoms with E-state index in [1.807, 2.05) is 6.26 Å². The third-order valence-electron chi connectivity index (χ3n) is 1.72. The zero-order valence-corrected chi connectivity index (χ0v) is 8.12. The third kappa shape index (κ3) is 2.73. The molecule has 0 aromatic carbocycles. The summed E-state index contributed by atoms with van der Waals surface area (Å²) >= 11 is 1.52. The Kier molecular flexibility index (Phi) is 3.76. The monoisotopic (exact) mass is 197 g/mol. The van der Waals surface area contributed by atoms with Crippen LogP contribution in [-0.2, 0) is 4.79 Å². The van der Waals surface area contributed by atoms with Crippen molar-refractivity contribution in [3.63, 3.8) is 0 Å². The molecular formula is C9H11NO2S. The number of hydrogen-bond donors (Lipinski definition) is 1. The summed E-state index contributed by atoms with van der Waals surface area (Å²) in [7, 11) is 0. The first-order valence-corrected chi connectivity index (χ1v) is 5.26. The Bertz CT molecular complexity index is 276. The van der Waals surface area contributed by atoms with Crippen molar-refractivity contribution in [3.8, 4) is 0 Å². The number of carbonyl (C=O) groups is 1. The van der Waals surface area contributed by atoms with Crippen LogP contribution >= 0.6 is 11.8 Å². The average molecular weight is 197 g/mol. The van der Waals surface area contributed by atoms with Gasteiger partial charge in [-0.3, -0.25) is 9.78 Å². The molecule has 4 heteroatoms. The summed E-state index contributed by atoms with van der Waals surface area (Å²) in [5.41, 5.74) is 0.768. The Morgan fingerprint density at radius 1 is 1.77 bits per heavy atom. The van der Waals surface area contributed by atoms with Crippen molar-refractivity contribution >= 4 is 17.7 Å². The summed E-state index contributed by atoms with van der Waals surface area (Å²) in [6.45, 7) is 0. The van der Waals surface area contributed by atoms with Crippen molar-refractivity contribution < 1.29 is 9.90 Å². The topological polar surface area (TPSA) is 50.2 Å². The van der Waals surface area contributed by atoms with Crippen molar-refractivity contribution in [3.05, 3.63) is 30.1 Å². The van der Waals surface area contributed by atoms with Gasteiger partial charge in [0.15, 0.2) is 0 Å². The normalized spacial score (nSPS) is 12.4. The van der Waals surface area contributed by atoms with E-state index in [1.165, 1.54) is 11.8 Å². The number of carboxylic acids is 1. The minimum Gasteiger partial charge on any atom is -0.481 e. The fourth-order valence-electron chi connectivity index (χ4n) is 1.06. The quantitative estimate of drug-likeness (QED) is 0.796. The molecule has 0 saturated heterocycles. The SMILES string of the molecule is CSCC(C(=O)O)c1cccnc1. The Balaban J connectivity index is 2.82.